The fourth-order valence-electron chi connectivity index (χ4n) is 2.38. The summed E-state index contributed by atoms with van der Waals surface area (Å²) in [5.74, 6) is 0.947. The maximum atomic E-state index is 11.2. The molecule has 0 atom stereocenters. The molecule has 25 heavy (non-hydrogen) atoms. The number of nitrogens with one attached hydrogen (secondary N) is 2. The molecule has 2 aromatic carbocycles. The number of unbranched alkanes of at least 4 members (excludes halogenated alkanes) is 1. The van der Waals surface area contributed by atoms with E-state index in [4.69, 9.17) is 4.74 Å². The summed E-state index contributed by atoms with van der Waals surface area (Å²) in [4.78, 5) is 13.7. The number of aromatic amines is 1. The summed E-state index contributed by atoms with van der Waals surface area (Å²) in [6.45, 7) is 2.78. The molecule has 2 N–H and O–H groups in total. The highest BCUT2D eigenvalue weighted by Gasteiger charge is 2.07. The van der Waals surface area contributed by atoms with Crippen LogP contribution in [0.25, 0.3) is 10.8 Å². The molecule has 0 amide bonds. The number of anilines is 1. The molecule has 3 aromatic rings. The van der Waals surface area contributed by atoms with Crippen LogP contribution in [0.5, 0.6) is 5.75 Å². The van der Waals surface area contributed by atoms with Crippen molar-refractivity contribution in [2.45, 2.75) is 19.8 Å². The Morgan fingerprint density at radius 1 is 1.28 bits per heavy atom. The van der Waals surface area contributed by atoms with Crippen LogP contribution in [-0.2, 0) is 0 Å². The van der Waals surface area contributed by atoms with Crippen molar-refractivity contribution in [2.24, 2.45) is 5.10 Å². The second-order valence-electron chi connectivity index (χ2n) is 5.45. The van der Waals surface area contributed by atoms with Crippen molar-refractivity contribution in [2.75, 3.05) is 12.0 Å². The summed E-state index contributed by atoms with van der Waals surface area (Å²) < 4.78 is 5.90. The highest BCUT2D eigenvalue weighted by molar-refractivity contribution is 6.02. The Hall–Kier alpha value is -3.22. The maximum absolute atomic E-state index is 11.2. The SMILES string of the molecule is CCCCOc1ccc2ccccc2c1/C=N/Nc1nncc(=O)[nH]1. The van der Waals surface area contributed by atoms with E-state index >= 15 is 0 Å². The number of rotatable bonds is 7. The van der Waals surface area contributed by atoms with Gasteiger partial charge >= 0.3 is 0 Å². The van der Waals surface area contributed by atoms with E-state index in [9.17, 15) is 4.79 Å². The van der Waals surface area contributed by atoms with Crippen molar-refractivity contribution in [3.8, 4) is 5.75 Å². The number of hydrazone groups is 1. The van der Waals surface area contributed by atoms with Crippen LogP contribution in [0.2, 0.25) is 0 Å². The van der Waals surface area contributed by atoms with Gasteiger partial charge in [0.25, 0.3) is 5.56 Å². The molecular formula is C18H19N5O2. The lowest BCUT2D eigenvalue weighted by atomic mass is 10.0. The highest BCUT2D eigenvalue weighted by atomic mass is 16.5. The van der Waals surface area contributed by atoms with Crippen LogP contribution in [0.3, 0.4) is 0 Å². The van der Waals surface area contributed by atoms with E-state index in [2.05, 4.69) is 32.6 Å². The zero-order chi connectivity index (χ0) is 17.5. The minimum absolute atomic E-state index is 0.178. The molecule has 0 saturated heterocycles. The third-order valence-corrected chi connectivity index (χ3v) is 3.62. The zero-order valence-corrected chi connectivity index (χ0v) is 13.9. The van der Waals surface area contributed by atoms with E-state index in [1.807, 2.05) is 36.4 Å². The molecule has 7 nitrogen and oxygen atoms in total. The second kappa shape index (κ2) is 8.05. The van der Waals surface area contributed by atoms with Gasteiger partial charge in [-0.25, -0.2) is 5.43 Å². The van der Waals surface area contributed by atoms with E-state index in [0.717, 1.165) is 41.1 Å². The summed E-state index contributed by atoms with van der Waals surface area (Å²) in [7, 11) is 0. The first-order valence-electron chi connectivity index (χ1n) is 8.13. The van der Waals surface area contributed by atoms with Gasteiger partial charge in [-0.15, -0.1) is 10.2 Å². The fourth-order valence-corrected chi connectivity index (χ4v) is 2.38. The van der Waals surface area contributed by atoms with Crippen molar-refractivity contribution in [1.82, 2.24) is 15.2 Å². The number of ether oxygens (including phenoxy) is 1. The molecule has 7 heteroatoms. The first-order valence-corrected chi connectivity index (χ1v) is 8.13. The number of aromatic nitrogens is 3. The molecule has 1 aromatic heterocycles. The Labute approximate surface area is 144 Å². The third kappa shape index (κ3) is 4.20. The zero-order valence-electron chi connectivity index (χ0n) is 13.9. The number of fused-ring (bicyclic) bond motifs is 1. The van der Waals surface area contributed by atoms with Gasteiger partial charge in [0.2, 0.25) is 5.95 Å². The van der Waals surface area contributed by atoms with Gasteiger partial charge in [0.05, 0.1) is 12.8 Å². The molecule has 0 unspecified atom stereocenters. The van der Waals surface area contributed by atoms with E-state index in [-0.39, 0.29) is 11.5 Å². The Bertz CT molecular complexity index is 936. The van der Waals surface area contributed by atoms with Crippen LogP contribution in [-0.4, -0.2) is 28.0 Å². The molecule has 1 heterocycles. The maximum Gasteiger partial charge on any atom is 0.271 e. The molecule has 0 aliphatic rings. The fraction of sp³-hybridized carbons (Fsp3) is 0.222. The van der Waals surface area contributed by atoms with Gasteiger partial charge in [0, 0.05) is 5.56 Å². The molecule has 0 aliphatic carbocycles. The van der Waals surface area contributed by atoms with Crippen molar-refractivity contribution in [3.63, 3.8) is 0 Å². The van der Waals surface area contributed by atoms with Crippen LogP contribution < -0.4 is 15.7 Å². The number of hydrogen-bond donors (Lipinski definition) is 2. The Morgan fingerprint density at radius 2 is 2.16 bits per heavy atom. The van der Waals surface area contributed by atoms with Crippen molar-refractivity contribution < 1.29 is 4.74 Å². The summed E-state index contributed by atoms with van der Waals surface area (Å²) >= 11 is 0. The molecule has 0 bridgehead atoms. The van der Waals surface area contributed by atoms with E-state index < -0.39 is 0 Å². The van der Waals surface area contributed by atoms with E-state index in [0.29, 0.717) is 6.61 Å². The molecule has 128 valence electrons. The molecule has 0 spiro atoms. The normalized spacial score (nSPS) is 11.1. The van der Waals surface area contributed by atoms with Gasteiger partial charge in [-0.3, -0.25) is 9.78 Å². The molecule has 3 rings (SSSR count). The predicted molar refractivity (Wildman–Crippen MR) is 98.2 cm³/mol. The number of benzene rings is 2. The highest BCUT2D eigenvalue weighted by Crippen LogP contribution is 2.27. The largest absolute Gasteiger partial charge is 0.493 e. The first kappa shape index (κ1) is 16.6. The van der Waals surface area contributed by atoms with Gasteiger partial charge < -0.3 is 4.74 Å². The topological polar surface area (TPSA) is 92.3 Å². The lowest BCUT2D eigenvalue weighted by Crippen LogP contribution is -2.10. The monoisotopic (exact) mass is 337 g/mol. The number of nitrogens with zero attached hydrogens (tertiary/aromatic N) is 3. The Balaban J connectivity index is 1.90. The predicted octanol–water partition coefficient (Wildman–Crippen LogP) is 2.94. The first-order chi connectivity index (χ1) is 12.3. The van der Waals surface area contributed by atoms with Crippen LogP contribution >= 0.6 is 0 Å². The van der Waals surface area contributed by atoms with Gasteiger partial charge in [-0.05, 0) is 23.3 Å². The van der Waals surface area contributed by atoms with Crippen LogP contribution in [0.4, 0.5) is 5.95 Å². The quantitative estimate of drug-likeness (QED) is 0.393. The Kier molecular flexibility index (Phi) is 5.36. The summed E-state index contributed by atoms with van der Waals surface area (Å²) in [5.41, 5.74) is 3.20. The standard InChI is InChI=1S/C18H19N5O2/c1-2-3-10-25-16-9-8-13-6-4-5-7-14(13)15(16)11-19-22-18-21-17(24)12-20-23-18/h4-9,11-12H,2-3,10H2,1H3,(H2,21,22,23,24)/b19-11+. The minimum Gasteiger partial charge on any atom is -0.493 e. The van der Waals surface area contributed by atoms with Crippen molar-refractivity contribution >= 4 is 22.9 Å². The summed E-state index contributed by atoms with van der Waals surface area (Å²) in [6.07, 6.45) is 4.82. The number of H-pyrrole nitrogens is 1. The lowest BCUT2D eigenvalue weighted by Gasteiger charge is -2.11. The summed E-state index contributed by atoms with van der Waals surface area (Å²) in [5, 5.41) is 13.6. The van der Waals surface area contributed by atoms with Gasteiger partial charge in [0.1, 0.15) is 11.9 Å². The molecule has 0 aliphatic heterocycles. The molecule has 0 radical (unpaired) electrons. The third-order valence-electron chi connectivity index (χ3n) is 3.62. The average molecular weight is 337 g/mol. The van der Waals surface area contributed by atoms with Gasteiger partial charge in [0.15, 0.2) is 0 Å². The van der Waals surface area contributed by atoms with E-state index in [1.54, 1.807) is 6.21 Å². The molecular weight excluding hydrogens is 318 g/mol. The summed E-state index contributed by atoms with van der Waals surface area (Å²) in [6, 6.07) is 12.0. The molecule has 0 saturated carbocycles. The van der Waals surface area contributed by atoms with E-state index in [1.165, 1.54) is 0 Å². The lowest BCUT2D eigenvalue weighted by molar-refractivity contribution is 0.309. The number of hydrogen-bond acceptors (Lipinski definition) is 6. The molecule has 0 fully saturated rings. The Morgan fingerprint density at radius 3 is 3.00 bits per heavy atom. The van der Waals surface area contributed by atoms with Gasteiger partial charge in [-0.2, -0.15) is 5.10 Å². The van der Waals surface area contributed by atoms with Crippen molar-refractivity contribution in [3.05, 3.63) is 58.5 Å². The smallest absolute Gasteiger partial charge is 0.271 e. The average Bonchev–Trinajstić information content (AvgIpc) is 2.63. The van der Waals surface area contributed by atoms with Crippen LogP contribution in [0.1, 0.15) is 25.3 Å². The van der Waals surface area contributed by atoms with Gasteiger partial charge in [-0.1, -0.05) is 43.7 Å². The second-order valence-corrected chi connectivity index (χ2v) is 5.45. The van der Waals surface area contributed by atoms with Crippen LogP contribution in [0.15, 0.2) is 52.5 Å². The van der Waals surface area contributed by atoms with Crippen LogP contribution in [0, 0.1) is 0 Å². The minimum atomic E-state index is -0.346. The van der Waals surface area contributed by atoms with Crippen molar-refractivity contribution in [1.29, 1.82) is 0 Å².